The van der Waals surface area contributed by atoms with Crippen molar-refractivity contribution in [2.45, 2.75) is 12.1 Å². The van der Waals surface area contributed by atoms with Crippen LogP contribution in [0.5, 0.6) is 5.75 Å². The summed E-state index contributed by atoms with van der Waals surface area (Å²) in [5.74, 6) is 0.880. The minimum atomic E-state index is -0.126. The summed E-state index contributed by atoms with van der Waals surface area (Å²) in [7, 11) is 1.62. The van der Waals surface area contributed by atoms with Gasteiger partial charge in [0.15, 0.2) is 10.3 Å². The monoisotopic (exact) mass is 361 g/mol. The van der Waals surface area contributed by atoms with Gasteiger partial charge in [0.25, 0.3) is 0 Å². The first-order chi connectivity index (χ1) is 11.7. The molecule has 0 aliphatic heterocycles. The Hall–Kier alpha value is -2.39. The lowest BCUT2D eigenvalue weighted by atomic mass is 10.3. The molecule has 124 valence electrons. The number of hydrogen-bond donors (Lipinski definition) is 1. The van der Waals surface area contributed by atoms with Gasteiger partial charge < -0.3 is 10.1 Å². The Labute approximate surface area is 147 Å². The van der Waals surface area contributed by atoms with E-state index in [1.54, 1.807) is 13.4 Å². The highest BCUT2D eigenvalue weighted by atomic mass is 32.2. The van der Waals surface area contributed by atoms with Crippen LogP contribution < -0.4 is 10.1 Å². The molecule has 1 aromatic carbocycles. The van der Waals surface area contributed by atoms with Crippen molar-refractivity contribution in [3.63, 3.8) is 0 Å². The average Bonchev–Trinajstić information content (AvgIpc) is 3.22. The van der Waals surface area contributed by atoms with Crippen LogP contribution in [0.15, 0.2) is 41.1 Å². The number of ether oxygens (including phenoxy) is 1. The molecule has 0 atom stereocenters. The number of thioether (sulfide) groups is 1. The standard InChI is InChI=1S/C15H15N5O2S2/c1-10-7-23-14(17-10)18-13(21)8-24-15-19-16-9-20(15)11-3-5-12(22-2)6-4-11/h3-7,9H,8H2,1-2H3,(H,17,18,21). The molecular weight excluding hydrogens is 346 g/mol. The van der Waals surface area contributed by atoms with Crippen LogP contribution in [0.4, 0.5) is 5.13 Å². The Morgan fingerprint density at radius 2 is 2.17 bits per heavy atom. The zero-order valence-corrected chi connectivity index (χ0v) is 14.7. The van der Waals surface area contributed by atoms with E-state index in [9.17, 15) is 4.79 Å². The maximum Gasteiger partial charge on any atom is 0.236 e. The maximum absolute atomic E-state index is 12.0. The number of aromatic nitrogens is 4. The van der Waals surface area contributed by atoms with Crippen molar-refractivity contribution in [3.05, 3.63) is 41.7 Å². The first-order valence-electron chi connectivity index (χ1n) is 7.05. The SMILES string of the molecule is COc1ccc(-n2cnnc2SCC(=O)Nc2nc(C)cs2)cc1. The second-order valence-corrected chi connectivity index (χ2v) is 6.61. The highest BCUT2D eigenvalue weighted by Crippen LogP contribution is 2.22. The number of nitrogens with zero attached hydrogens (tertiary/aromatic N) is 4. The smallest absolute Gasteiger partial charge is 0.236 e. The Balaban J connectivity index is 1.63. The summed E-state index contributed by atoms with van der Waals surface area (Å²) in [5, 5.41) is 13.9. The number of aryl methyl sites for hydroxylation is 1. The van der Waals surface area contributed by atoms with Crippen molar-refractivity contribution in [3.8, 4) is 11.4 Å². The van der Waals surface area contributed by atoms with Crippen molar-refractivity contribution in [1.82, 2.24) is 19.7 Å². The number of carbonyl (C=O) groups excluding carboxylic acids is 1. The molecule has 0 spiro atoms. The molecule has 9 heteroatoms. The van der Waals surface area contributed by atoms with Crippen LogP contribution in [0.3, 0.4) is 0 Å². The highest BCUT2D eigenvalue weighted by Gasteiger charge is 2.11. The fourth-order valence-corrected chi connectivity index (χ4v) is 3.37. The number of carbonyl (C=O) groups is 1. The Morgan fingerprint density at radius 3 is 2.83 bits per heavy atom. The van der Waals surface area contributed by atoms with Crippen LogP contribution in [0.25, 0.3) is 5.69 Å². The lowest BCUT2D eigenvalue weighted by Gasteiger charge is -2.07. The molecule has 0 saturated carbocycles. The van der Waals surface area contributed by atoms with Crippen molar-refractivity contribution in [2.24, 2.45) is 0 Å². The molecule has 1 amide bonds. The van der Waals surface area contributed by atoms with E-state index in [4.69, 9.17) is 4.74 Å². The molecule has 0 saturated heterocycles. The van der Waals surface area contributed by atoms with Crippen molar-refractivity contribution >= 4 is 34.1 Å². The molecule has 1 N–H and O–H groups in total. The van der Waals surface area contributed by atoms with E-state index in [0.29, 0.717) is 10.3 Å². The van der Waals surface area contributed by atoms with E-state index in [-0.39, 0.29) is 11.7 Å². The summed E-state index contributed by atoms with van der Waals surface area (Å²) in [4.78, 5) is 16.2. The molecular formula is C15H15N5O2S2. The van der Waals surface area contributed by atoms with Gasteiger partial charge in [-0.2, -0.15) is 0 Å². The maximum atomic E-state index is 12.0. The highest BCUT2D eigenvalue weighted by molar-refractivity contribution is 7.99. The van der Waals surface area contributed by atoms with Gasteiger partial charge in [-0.3, -0.25) is 9.36 Å². The third kappa shape index (κ3) is 3.92. The number of nitrogens with one attached hydrogen (secondary N) is 1. The van der Waals surface area contributed by atoms with E-state index in [0.717, 1.165) is 17.1 Å². The van der Waals surface area contributed by atoms with Gasteiger partial charge in [0, 0.05) is 11.1 Å². The van der Waals surface area contributed by atoms with Crippen LogP contribution in [0.2, 0.25) is 0 Å². The van der Waals surface area contributed by atoms with Gasteiger partial charge in [-0.25, -0.2) is 4.98 Å². The van der Waals surface area contributed by atoms with Gasteiger partial charge in [0.05, 0.1) is 18.6 Å². The topological polar surface area (TPSA) is 81.9 Å². The number of thiazole rings is 1. The number of methoxy groups -OCH3 is 1. The van der Waals surface area contributed by atoms with E-state index < -0.39 is 0 Å². The first-order valence-corrected chi connectivity index (χ1v) is 8.91. The third-order valence-electron chi connectivity index (χ3n) is 3.06. The minimum Gasteiger partial charge on any atom is -0.497 e. The summed E-state index contributed by atoms with van der Waals surface area (Å²) in [6, 6.07) is 7.54. The summed E-state index contributed by atoms with van der Waals surface area (Å²) < 4.78 is 6.97. The zero-order chi connectivity index (χ0) is 16.9. The Morgan fingerprint density at radius 1 is 1.38 bits per heavy atom. The molecule has 2 aromatic heterocycles. The molecule has 3 rings (SSSR count). The molecule has 0 radical (unpaired) electrons. The van der Waals surface area contributed by atoms with E-state index in [2.05, 4.69) is 20.5 Å². The fourth-order valence-electron chi connectivity index (χ4n) is 1.94. The van der Waals surface area contributed by atoms with Gasteiger partial charge in [0.2, 0.25) is 5.91 Å². The molecule has 3 aromatic rings. The minimum absolute atomic E-state index is 0.126. The number of benzene rings is 1. The first kappa shape index (κ1) is 16.5. The number of hydrogen-bond acceptors (Lipinski definition) is 7. The normalized spacial score (nSPS) is 10.6. The van der Waals surface area contributed by atoms with Gasteiger partial charge in [0.1, 0.15) is 12.1 Å². The zero-order valence-electron chi connectivity index (χ0n) is 13.1. The van der Waals surface area contributed by atoms with E-state index in [1.807, 2.05) is 41.1 Å². The molecule has 0 aliphatic rings. The molecule has 2 heterocycles. The predicted octanol–water partition coefficient (Wildman–Crippen LogP) is 2.77. The van der Waals surface area contributed by atoms with Gasteiger partial charge in [-0.05, 0) is 31.2 Å². The van der Waals surface area contributed by atoms with Crippen LogP contribution in [-0.2, 0) is 4.79 Å². The lowest BCUT2D eigenvalue weighted by molar-refractivity contribution is -0.113. The lowest BCUT2D eigenvalue weighted by Crippen LogP contribution is -2.14. The third-order valence-corrected chi connectivity index (χ3v) is 4.88. The van der Waals surface area contributed by atoms with Crippen LogP contribution in [-0.4, -0.2) is 38.5 Å². The number of rotatable bonds is 6. The second-order valence-electron chi connectivity index (χ2n) is 4.81. The van der Waals surface area contributed by atoms with Gasteiger partial charge in [-0.15, -0.1) is 21.5 Å². The molecule has 0 fully saturated rings. The van der Waals surface area contributed by atoms with E-state index in [1.165, 1.54) is 23.1 Å². The van der Waals surface area contributed by atoms with Crippen molar-refractivity contribution < 1.29 is 9.53 Å². The molecule has 24 heavy (non-hydrogen) atoms. The molecule has 0 unspecified atom stereocenters. The molecule has 0 aliphatic carbocycles. The summed E-state index contributed by atoms with van der Waals surface area (Å²) in [5.41, 5.74) is 1.79. The van der Waals surface area contributed by atoms with Gasteiger partial charge >= 0.3 is 0 Å². The predicted molar refractivity (Wildman–Crippen MR) is 94.1 cm³/mol. The van der Waals surface area contributed by atoms with Gasteiger partial charge in [-0.1, -0.05) is 11.8 Å². The van der Waals surface area contributed by atoms with Crippen LogP contribution in [0, 0.1) is 6.92 Å². The average molecular weight is 361 g/mol. The van der Waals surface area contributed by atoms with Crippen LogP contribution >= 0.6 is 23.1 Å². The summed E-state index contributed by atoms with van der Waals surface area (Å²) >= 11 is 2.72. The largest absolute Gasteiger partial charge is 0.497 e. The van der Waals surface area contributed by atoms with Crippen LogP contribution in [0.1, 0.15) is 5.69 Å². The second kappa shape index (κ2) is 7.45. The van der Waals surface area contributed by atoms with E-state index >= 15 is 0 Å². The quantitative estimate of drug-likeness (QED) is 0.680. The van der Waals surface area contributed by atoms with Crippen molar-refractivity contribution in [2.75, 3.05) is 18.2 Å². The molecule has 0 bridgehead atoms. The fraction of sp³-hybridized carbons (Fsp3) is 0.200. The summed E-state index contributed by atoms with van der Waals surface area (Å²) in [6.07, 6.45) is 1.62. The summed E-state index contributed by atoms with van der Waals surface area (Å²) in [6.45, 7) is 1.89. The number of amides is 1. The Kier molecular flexibility index (Phi) is 5.11. The number of anilines is 1. The van der Waals surface area contributed by atoms with Crippen molar-refractivity contribution in [1.29, 1.82) is 0 Å². The molecule has 7 nitrogen and oxygen atoms in total. The Bertz CT molecular complexity index is 829.